The van der Waals surface area contributed by atoms with Crippen molar-refractivity contribution in [3.05, 3.63) is 81.6 Å². The number of aromatic nitrogens is 1. The van der Waals surface area contributed by atoms with Gasteiger partial charge in [0.05, 0.1) is 26.8 Å². The van der Waals surface area contributed by atoms with Crippen LogP contribution in [0, 0.1) is 0 Å². The summed E-state index contributed by atoms with van der Waals surface area (Å²) in [5, 5.41) is 4.26. The van der Waals surface area contributed by atoms with Gasteiger partial charge in [-0.2, -0.15) is 0 Å². The van der Waals surface area contributed by atoms with E-state index in [4.69, 9.17) is 32.7 Å². The molecule has 1 aliphatic heterocycles. The summed E-state index contributed by atoms with van der Waals surface area (Å²) < 4.78 is 13.3. The first kappa shape index (κ1) is 24.5. The second-order valence-electron chi connectivity index (χ2n) is 8.33. The molecule has 1 N–H and O–H groups in total. The average Bonchev–Trinajstić information content (AvgIpc) is 3.21. The zero-order chi connectivity index (χ0) is 24.1. The van der Waals surface area contributed by atoms with Gasteiger partial charge in [-0.1, -0.05) is 29.3 Å². The van der Waals surface area contributed by atoms with E-state index < -0.39 is 0 Å². The Kier molecular flexibility index (Phi) is 8.03. The normalized spacial score (nSPS) is 15.9. The average molecular weight is 502 g/mol. The SMILES string of the molecule is COc1cc(OC)cc(C2c3cccn3CCCN2CC(=O)NCCc2ccc(Cl)cc2Cl)c1. The number of carbonyl (C=O) groups excluding carboxylic acids is 1. The van der Waals surface area contributed by atoms with Crippen molar-refractivity contribution in [1.29, 1.82) is 0 Å². The number of nitrogens with one attached hydrogen (secondary N) is 1. The molecule has 0 radical (unpaired) electrons. The predicted octanol–water partition coefficient (Wildman–Crippen LogP) is 4.97. The third-order valence-electron chi connectivity index (χ3n) is 6.12. The lowest BCUT2D eigenvalue weighted by molar-refractivity contribution is -0.122. The Balaban J connectivity index is 1.52. The van der Waals surface area contributed by atoms with Gasteiger partial charge in [0.15, 0.2) is 0 Å². The molecule has 1 unspecified atom stereocenters. The first-order valence-electron chi connectivity index (χ1n) is 11.3. The van der Waals surface area contributed by atoms with Crippen LogP contribution in [0.15, 0.2) is 54.7 Å². The van der Waals surface area contributed by atoms with Crippen LogP contribution in [0.3, 0.4) is 0 Å². The molecule has 2 aromatic carbocycles. The van der Waals surface area contributed by atoms with Crippen molar-refractivity contribution in [2.24, 2.45) is 0 Å². The van der Waals surface area contributed by atoms with Crippen molar-refractivity contribution in [1.82, 2.24) is 14.8 Å². The molecule has 2 heterocycles. The molecule has 180 valence electrons. The van der Waals surface area contributed by atoms with E-state index >= 15 is 0 Å². The number of rotatable bonds is 8. The van der Waals surface area contributed by atoms with Crippen molar-refractivity contribution >= 4 is 29.1 Å². The second kappa shape index (κ2) is 11.2. The van der Waals surface area contributed by atoms with Gasteiger partial charge in [0.1, 0.15) is 11.5 Å². The molecule has 1 amide bonds. The summed E-state index contributed by atoms with van der Waals surface area (Å²) in [7, 11) is 3.29. The van der Waals surface area contributed by atoms with Gasteiger partial charge in [0, 0.05) is 47.6 Å². The van der Waals surface area contributed by atoms with Crippen molar-refractivity contribution in [2.45, 2.75) is 25.4 Å². The van der Waals surface area contributed by atoms with Crippen molar-refractivity contribution in [3.63, 3.8) is 0 Å². The molecule has 34 heavy (non-hydrogen) atoms. The van der Waals surface area contributed by atoms with Crippen LogP contribution in [0.2, 0.25) is 10.0 Å². The molecule has 1 atom stereocenters. The summed E-state index contributed by atoms with van der Waals surface area (Å²) in [5.74, 6) is 1.42. The predicted molar refractivity (Wildman–Crippen MR) is 135 cm³/mol. The van der Waals surface area contributed by atoms with Gasteiger partial charge in [-0.25, -0.2) is 0 Å². The minimum Gasteiger partial charge on any atom is -0.497 e. The molecular formula is C26H29Cl2N3O3. The number of nitrogens with zero attached hydrogens (tertiary/aromatic N) is 2. The van der Waals surface area contributed by atoms with E-state index in [9.17, 15) is 4.79 Å². The first-order chi connectivity index (χ1) is 16.5. The van der Waals surface area contributed by atoms with Crippen molar-refractivity contribution in [2.75, 3.05) is 33.9 Å². The number of aryl methyl sites for hydroxylation is 1. The van der Waals surface area contributed by atoms with Gasteiger partial charge >= 0.3 is 0 Å². The summed E-state index contributed by atoms with van der Waals surface area (Å²) in [6.07, 6.45) is 3.69. The zero-order valence-corrected chi connectivity index (χ0v) is 20.9. The highest BCUT2D eigenvalue weighted by atomic mass is 35.5. The van der Waals surface area contributed by atoms with Gasteiger partial charge in [0.2, 0.25) is 5.91 Å². The number of benzene rings is 2. The number of methoxy groups -OCH3 is 2. The lowest BCUT2D eigenvalue weighted by Crippen LogP contribution is -2.40. The zero-order valence-electron chi connectivity index (χ0n) is 19.4. The summed E-state index contributed by atoms with van der Waals surface area (Å²) in [6, 6.07) is 15.4. The van der Waals surface area contributed by atoms with Gasteiger partial charge in [0.25, 0.3) is 0 Å². The van der Waals surface area contributed by atoms with E-state index in [0.29, 0.717) is 23.0 Å². The number of ether oxygens (including phenoxy) is 2. The Bertz CT molecular complexity index is 1130. The topological polar surface area (TPSA) is 55.7 Å². The van der Waals surface area contributed by atoms with Gasteiger partial charge < -0.3 is 19.4 Å². The largest absolute Gasteiger partial charge is 0.497 e. The molecule has 8 heteroatoms. The molecule has 0 bridgehead atoms. The standard InChI is InChI=1S/C26H29Cl2N3O3/c1-33-21-13-19(14-22(16-21)34-2)26-24-5-3-10-30(24)11-4-12-31(26)17-25(32)29-9-8-18-6-7-20(27)15-23(18)28/h3,5-7,10,13-16,26H,4,8-9,11-12,17H2,1-2H3,(H,29,32). The molecule has 1 aromatic heterocycles. The smallest absolute Gasteiger partial charge is 0.234 e. The van der Waals surface area contributed by atoms with Crippen LogP contribution in [0.1, 0.15) is 29.3 Å². The van der Waals surface area contributed by atoms with Crippen LogP contribution >= 0.6 is 23.2 Å². The van der Waals surface area contributed by atoms with Gasteiger partial charge in [-0.3, -0.25) is 9.69 Å². The Morgan fingerprint density at radius 1 is 1.06 bits per heavy atom. The van der Waals surface area contributed by atoms with E-state index in [1.807, 2.05) is 30.3 Å². The van der Waals surface area contributed by atoms with Crippen LogP contribution in [-0.2, 0) is 17.8 Å². The number of hydrogen-bond acceptors (Lipinski definition) is 4. The molecule has 1 aliphatic rings. The van der Waals surface area contributed by atoms with Crippen LogP contribution in [-0.4, -0.2) is 49.2 Å². The minimum atomic E-state index is -0.0991. The van der Waals surface area contributed by atoms with Crippen LogP contribution in [0.4, 0.5) is 0 Å². The molecule has 0 fully saturated rings. The minimum absolute atomic E-state index is 0.0232. The fourth-order valence-corrected chi connectivity index (χ4v) is 4.98. The molecule has 0 saturated heterocycles. The maximum absolute atomic E-state index is 13.0. The van der Waals surface area contributed by atoms with Crippen LogP contribution < -0.4 is 14.8 Å². The number of amides is 1. The maximum Gasteiger partial charge on any atom is 0.234 e. The van der Waals surface area contributed by atoms with E-state index in [1.165, 1.54) is 0 Å². The summed E-state index contributed by atoms with van der Waals surface area (Å²) >= 11 is 12.2. The molecular weight excluding hydrogens is 473 g/mol. The highest BCUT2D eigenvalue weighted by Crippen LogP contribution is 2.35. The van der Waals surface area contributed by atoms with E-state index in [1.54, 1.807) is 20.3 Å². The second-order valence-corrected chi connectivity index (χ2v) is 9.18. The Morgan fingerprint density at radius 2 is 1.82 bits per heavy atom. The fourth-order valence-electron chi connectivity index (χ4n) is 4.48. The first-order valence-corrected chi connectivity index (χ1v) is 12.1. The van der Waals surface area contributed by atoms with Gasteiger partial charge in [-0.05, 0) is 60.4 Å². The quantitative estimate of drug-likeness (QED) is 0.473. The number of halogens is 2. The van der Waals surface area contributed by atoms with Crippen LogP contribution in [0.5, 0.6) is 11.5 Å². The van der Waals surface area contributed by atoms with Gasteiger partial charge in [-0.15, -0.1) is 0 Å². The Hall–Kier alpha value is -2.67. The number of hydrogen-bond donors (Lipinski definition) is 1. The van der Waals surface area contributed by atoms with E-state index in [2.05, 4.69) is 33.1 Å². The summed E-state index contributed by atoms with van der Waals surface area (Å²) in [6.45, 7) is 2.49. The third-order valence-corrected chi connectivity index (χ3v) is 6.71. The molecule has 0 aliphatic carbocycles. The number of carbonyl (C=O) groups is 1. The van der Waals surface area contributed by atoms with Crippen LogP contribution in [0.25, 0.3) is 0 Å². The maximum atomic E-state index is 13.0. The van der Waals surface area contributed by atoms with Crippen molar-refractivity contribution < 1.29 is 14.3 Å². The highest BCUT2D eigenvalue weighted by Gasteiger charge is 2.29. The highest BCUT2D eigenvalue weighted by molar-refractivity contribution is 6.35. The molecule has 0 spiro atoms. The number of fused-ring (bicyclic) bond motifs is 1. The molecule has 0 saturated carbocycles. The third kappa shape index (κ3) is 5.69. The van der Waals surface area contributed by atoms with E-state index in [0.717, 1.165) is 47.8 Å². The summed E-state index contributed by atoms with van der Waals surface area (Å²) in [4.78, 5) is 15.2. The molecule has 4 rings (SSSR count). The van der Waals surface area contributed by atoms with Crippen molar-refractivity contribution in [3.8, 4) is 11.5 Å². The van der Waals surface area contributed by atoms with E-state index in [-0.39, 0.29) is 18.5 Å². The Labute approximate surface area is 210 Å². The summed E-state index contributed by atoms with van der Waals surface area (Å²) in [5.41, 5.74) is 3.13. The Morgan fingerprint density at radius 3 is 2.53 bits per heavy atom. The molecule has 3 aromatic rings. The lowest BCUT2D eigenvalue weighted by atomic mass is 10.0. The fraction of sp³-hybridized carbons (Fsp3) is 0.346. The lowest BCUT2D eigenvalue weighted by Gasteiger charge is -2.30. The monoisotopic (exact) mass is 501 g/mol. The molecule has 6 nitrogen and oxygen atoms in total.